The number of aromatic nitrogens is 1. The molecule has 88 valence electrons. The van der Waals surface area contributed by atoms with Crippen LogP contribution >= 0.6 is 27.3 Å². The summed E-state index contributed by atoms with van der Waals surface area (Å²) in [6, 6.07) is 5.39. The number of nitrogens with one attached hydrogen (secondary N) is 1. The summed E-state index contributed by atoms with van der Waals surface area (Å²) in [7, 11) is 1.56. The molecular weight excluding hydrogens is 304 g/mol. The second kappa shape index (κ2) is 5.29. The summed E-state index contributed by atoms with van der Waals surface area (Å²) in [4.78, 5) is 15.7. The Kier molecular flexibility index (Phi) is 3.75. The topological polar surface area (TPSA) is 51.2 Å². The van der Waals surface area contributed by atoms with Crippen LogP contribution in [0.1, 0.15) is 10.5 Å². The maximum atomic E-state index is 11.8. The van der Waals surface area contributed by atoms with Gasteiger partial charge < -0.3 is 10.1 Å². The molecule has 1 amide bonds. The van der Waals surface area contributed by atoms with Crippen molar-refractivity contribution in [1.82, 2.24) is 4.98 Å². The summed E-state index contributed by atoms with van der Waals surface area (Å²) in [5.74, 6) is 0.356. The molecule has 17 heavy (non-hydrogen) atoms. The van der Waals surface area contributed by atoms with E-state index < -0.39 is 0 Å². The molecule has 1 aromatic heterocycles. The fourth-order valence-corrected chi connectivity index (χ4v) is 2.15. The average molecular weight is 313 g/mol. The third kappa shape index (κ3) is 2.83. The van der Waals surface area contributed by atoms with Crippen LogP contribution in [0.3, 0.4) is 0 Å². The number of hydrogen-bond acceptors (Lipinski definition) is 4. The molecular formula is C11H9BrN2O2S. The Morgan fingerprint density at radius 2 is 2.35 bits per heavy atom. The molecule has 2 aromatic rings. The molecule has 0 saturated carbocycles. The number of benzene rings is 1. The number of amides is 1. The molecule has 4 nitrogen and oxygen atoms in total. The Bertz CT molecular complexity index is 528. The lowest BCUT2D eigenvalue weighted by Gasteiger charge is -2.09. The van der Waals surface area contributed by atoms with Gasteiger partial charge in [0.25, 0.3) is 5.91 Å². The molecule has 1 aromatic carbocycles. The minimum Gasteiger partial charge on any atom is -0.495 e. The highest BCUT2D eigenvalue weighted by molar-refractivity contribution is 9.10. The molecule has 2 rings (SSSR count). The van der Waals surface area contributed by atoms with Crippen LogP contribution in [0.2, 0.25) is 0 Å². The van der Waals surface area contributed by atoms with Crippen LogP contribution in [-0.2, 0) is 0 Å². The van der Waals surface area contributed by atoms with Crippen molar-refractivity contribution >= 4 is 38.9 Å². The van der Waals surface area contributed by atoms with Gasteiger partial charge >= 0.3 is 0 Å². The second-order valence-corrected chi connectivity index (χ2v) is 4.81. The van der Waals surface area contributed by atoms with Crippen molar-refractivity contribution in [3.8, 4) is 5.75 Å². The molecule has 1 heterocycles. The first-order chi connectivity index (χ1) is 8.20. The van der Waals surface area contributed by atoms with E-state index in [1.165, 1.54) is 11.3 Å². The van der Waals surface area contributed by atoms with E-state index >= 15 is 0 Å². The number of carbonyl (C=O) groups excluding carboxylic acids is 1. The number of methoxy groups -OCH3 is 1. The number of nitrogens with zero attached hydrogens (tertiary/aromatic N) is 1. The van der Waals surface area contributed by atoms with E-state index in [2.05, 4.69) is 26.2 Å². The number of anilines is 1. The van der Waals surface area contributed by atoms with E-state index in [4.69, 9.17) is 4.74 Å². The molecule has 0 aliphatic heterocycles. The number of carbonyl (C=O) groups is 1. The molecule has 0 fully saturated rings. The van der Waals surface area contributed by atoms with Crippen molar-refractivity contribution in [2.45, 2.75) is 0 Å². The first-order valence-electron chi connectivity index (χ1n) is 4.74. The van der Waals surface area contributed by atoms with E-state index in [1.807, 2.05) is 6.07 Å². The summed E-state index contributed by atoms with van der Waals surface area (Å²) >= 11 is 4.72. The molecule has 0 radical (unpaired) electrons. The molecule has 0 aliphatic rings. The predicted octanol–water partition coefficient (Wildman–Crippen LogP) is 3.17. The second-order valence-electron chi connectivity index (χ2n) is 3.17. The predicted molar refractivity (Wildman–Crippen MR) is 70.8 cm³/mol. The monoisotopic (exact) mass is 312 g/mol. The van der Waals surface area contributed by atoms with Crippen molar-refractivity contribution in [2.75, 3.05) is 12.4 Å². The largest absolute Gasteiger partial charge is 0.495 e. The number of halogens is 1. The van der Waals surface area contributed by atoms with Gasteiger partial charge in [0.1, 0.15) is 11.4 Å². The van der Waals surface area contributed by atoms with Gasteiger partial charge in [-0.2, -0.15) is 0 Å². The smallest absolute Gasteiger partial charge is 0.275 e. The maximum Gasteiger partial charge on any atom is 0.275 e. The van der Waals surface area contributed by atoms with Gasteiger partial charge in [-0.3, -0.25) is 4.79 Å². The number of thiazole rings is 1. The summed E-state index contributed by atoms with van der Waals surface area (Å²) in [5, 5.41) is 4.45. The molecule has 0 saturated heterocycles. The molecule has 0 atom stereocenters. The number of rotatable bonds is 3. The zero-order valence-electron chi connectivity index (χ0n) is 8.94. The summed E-state index contributed by atoms with van der Waals surface area (Å²) in [6.07, 6.45) is 0. The van der Waals surface area contributed by atoms with Gasteiger partial charge in [0.05, 0.1) is 18.3 Å². The van der Waals surface area contributed by atoms with Crippen molar-refractivity contribution < 1.29 is 9.53 Å². The lowest BCUT2D eigenvalue weighted by atomic mass is 10.3. The zero-order chi connectivity index (χ0) is 12.3. The first-order valence-corrected chi connectivity index (χ1v) is 6.47. The van der Waals surface area contributed by atoms with Gasteiger partial charge in [0.15, 0.2) is 0 Å². The summed E-state index contributed by atoms with van der Waals surface area (Å²) in [6.45, 7) is 0. The third-order valence-corrected chi connectivity index (χ3v) is 3.16. The van der Waals surface area contributed by atoms with E-state index in [1.54, 1.807) is 30.1 Å². The first kappa shape index (κ1) is 12.1. The normalized spacial score (nSPS) is 10.0. The van der Waals surface area contributed by atoms with Gasteiger partial charge in [0, 0.05) is 9.85 Å². The van der Waals surface area contributed by atoms with E-state index in [0.29, 0.717) is 17.1 Å². The van der Waals surface area contributed by atoms with Crippen molar-refractivity contribution in [2.24, 2.45) is 0 Å². The highest BCUT2D eigenvalue weighted by atomic mass is 79.9. The molecule has 6 heteroatoms. The Morgan fingerprint density at radius 1 is 1.53 bits per heavy atom. The zero-order valence-corrected chi connectivity index (χ0v) is 11.3. The Labute approximate surface area is 111 Å². The van der Waals surface area contributed by atoms with Crippen LogP contribution in [0.5, 0.6) is 5.75 Å². The maximum absolute atomic E-state index is 11.8. The Hall–Kier alpha value is -1.40. The fraction of sp³-hybridized carbons (Fsp3) is 0.0909. The van der Waals surface area contributed by atoms with Gasteiger partial charge in [-0.1, -0.05) is 15.9 Å². The van der Waals surface area contributed by atoms with E-state index in [0.717, 1.165) is 4.47 Å². The van der Waals surface area contributed by atoms with Gasteiger partial charge in [-0.25, -0.2) is 4.98 Å². The Balaban J connectivity index is 2.21. The van der Waals surface area contributed by atoms with Crippen LogP contribution in [0.25, 0.3) is 0 Å². The average Bonchev–Trinajstić information content (AvgIpc) is 2.85. The molecule has 0 spiro atoms. The van der Waals surface area contributed by atoms with Crippen LogP contribution in [-0.4, -0.2) is 18.0 Å². The Morgan fingerprint density at radius 3 is 3.00 bits per heavy atom. The molecule has 1 N–H and O–H groups in total. The van der Waals surface area contributed by atoms with Crippen LogP contribution < -0.4 is 10.1 Å². The molecule has 0 bridgehead atoms. The van der Waals surface area contributed by atoms with Crippen molar-refractivity contribution in [3.63, 3.8) is 0 Å². The van der Waals surface area contributed by atoms with Crippen molar-refractivity contribution in [1.29, 1.82) is 0 Å². The summed E-state index contributed by atoms with van der Waals surface area (Å²) in [5.41, 5.74) is 2.64. The van der Waals surface area contributed by atoms with Gasteiger partial charge in [0.2, 0.25) is 0 Å². The minimum atomic E-state index is -0.244. The fourth-order valence-electron chi connectivity index (χ4n) is 1.28. The van der Waals surface area contributed by atoms with Crippen LogP contribution in [0, 0.1) is 0 Å². The summed E-state index contributed by atoms with van der Waals surface area (Å²) < 4.78 is 6.07. The standard InChI is InChI=1S/C11H9BrN2O2S/c1-16-10-4-7(12)2-3-8(10)14-11(15)9-5-17-6-13-9/h2-6H,1H3,(H,14,15). The number of hydrogen-bond donors (Lipinski definition) is 1. The van der Waals surface area contributed by atoms with Crippen LogP contribution in [0.15, 0.2) is 33.6 Å². The number of ether oxygens (including phenoxy) is 1. The van der Waals surface area contributed by atoms with Crippen molar-refractivity contribution in [3.05, 3.63) is 39.3 Å². The quantitative estimate of drug-likeness (QED) is 0.947. The van der Waals surface area contributed by atoms with Gasteiger partial charge in [-0.05, 0) is 18.2 Å². The SMILES string of the molecule is COc1cc(Br)ccc1NC(=O)c1cscn1. The molecule has 0 aliphatic carbocycles. The van der Waals surface area contributed by atoms with Gasteiger partial charge in [-0.15, -0.1) is 11.3 Å². The lowest BCUT2D eigenvalue weighted by molar-refractivity contribution is 0.102. The van der Waals surface area contributed by atoms with E-state index in [9.17, 15) is 4.79 Å². The molecule has 0 unspecified atom stereocenters. The highest BCUT2D eigenvalue weighted by Crippen LogP contribution is 2.28. The third-order valence-electron chi connectivity index (χ3n) is 2.08. The highest BCUT2D eigenvalue weighted by Gasteiger charge is 2.11. The van der Waals surface area contributed by atoms with E-state index in [-0.39, 0.29) is 5.91 Å². The minimum absolute atomic E-state index is 0.244. The van der Waals surface area contributed by atoms with Crippen LogP contribution in [0.4, 0.5) is 5.69 Å². The lowest BCUT2D eigenvalue weighted by Crippen LogP contribution is -2.12.